The van der Waals surface area contributed by atoms with Crippen LogP contribution in [0.2, 0.25) is 0 Å². The summed E-state index contributed by atoms with van der Waals surface area (Å²) in [6, 6.07) is 18.7. The van der Waals surface area contributed by atoms with E-state index < -0.39 is 17.7 Å². The van der Waals surface area contributed by atoms with E-state index >= 15 is 0 Å². The molecule has 0 bridgehead atoms. The highest BCUT2D eigenvalue weighted by Crippen LogP contribution is 2.40. The highest BCUT2D eigenvalue weighted by Gasteiger charge is 2.33. The summed E-state index contributed by atoms with van der Waals surface area (Å²) in [7, 11) is 1.59. The van der Waals surface area contributed by atoms with E-state index in [9.17, 15) is 18.0 Å². The number of rotatable bonds is 7. The number of ether oxygens (including phenoxy) is 1. The van der Waals surface area contributed by atoms with Gasteiger partial charge in [-0.25, -0.2) is 9.78 Å². The van der Waals surface area contributed by atoms with E-state index in [1.54, 1.807) is 25.3 Å². The molecule has 0 aliphatic heterocycles. The second-order valence-corrected chi connectivity index (χ2v) is 8.90. The Labute approximate surface area is 209 Å². The maximum Gasteiger partial charge on any atom is 0.417 e. The number of methoxy groups -OCH3 is 1. The molecule has 3 aromatic carbocycles. The molecule has 1 N–H and O–H groups in total. The Morgan fingerprint density at radius 3 is 2.39 bits per heavy atom. The van der Waals surface area contributed by atoms with Crippen molar-refractivity contribution < 1.29 is 27.8 Å². The molecule has 0 fully saturated rings. The molecule has 0 atom stereocenters. The van der Waals surface area contributed by atoms with Gasteiger partial charge in [0.15, 0.2) is 5.13 Å². The molecule has 4 rings (SSSR count). The number of aromatic nitrogens is 1. The average Bonchev–Trinajstić information content (AvgIpc) is 3.30. The van der Waals surface area contributed by atoms with Crippen LogP contribution in [-0.4, -0.2) is 29.7 Å². The topological polar surface area (TPSA) is 62.7 Å². The van der Waals surface area contributed by atoms with Crippen molar-refractivity contribution >= 4 is 32.7 Å². The zero-order valence-electron chi connectivity index (χ0n) is 19.2. The molecule has 184 valence electrons. The van der Waals surface area contributed by atoms with Crippen LogP contribution in [0.15, 0.2) is 66.7 Å². The summed E-state index contributed by atoms with van der Waals surface area (Å²) in [6.07, 6.45) is -3.82. The Bertz CT molecular complexity index is 1420. The number of thiazole rings is 1. The zero-order valence-corrected chi connectivity index (χ0v) is 20.0. The maximum absolute atomic E-state index is 13.6. The predicted octanol–water partition coefficient (Wildman–Crippen LogP) is 6.01. The van der Waals surface area contributed by atoms with Gasteiger partial charge in [-0.05, 0) is 53.9 Å². The fourth-order valence-corrected chi connectivity index (χ4v) is 4.76. The van der Waals surface area contributed by atoms with E-state index in [1.807, 2.05) is 41.3 Å². The van der Waals surface area contributed by atoms with Crippen molar-refractivity contribution in [2.45, 2.75) is 19.1 Å². The maximum atomic E-state index is 13.6. The Balaban J connectivity index is 1.63. The fraction of sp³-hybridized carbons (Fsp3) is 0.185. The minimum atomic E-state index is -4.47. The smallest absolute Gasteiger partial charge is 0.417 e. The normalized spacial score (nSPS) is 11.1. The van der Waals surface area contributed by atoms with Gasteiger partial charge in [-0.3, -0.25) is 0 Å². The molecule has 5 nitrogen and oxygen atoms in total. The number of halogens is 3. The van der Waals surface area contributed by atoms with Gasteiger partial charge in [-0.1, -0.05) is 47.6 Å². The molecule has 0 saturated heterocycles. The van der Waals surface area contributed by atoms with Gasteiger partial charge in [-0.15, -0.1) is 0 Å². The van der Waals surface area contributed by atoms with E-state index in [1.165, 1.54) is 6.07 Å². The van der Waals surface area contributed by atoms with Gasteiger partial charge < -0.3 is 14.7 Å². The molecule has 1 aromatic heterocycles. The van der Waals surface area contributed by atoms with E-state index in [0.717, 1.165) is 34.3 Å². The first kappa shape index (κ1) is 25.1. The number of carbonyl (C=O) groups is 1. The molecule has 0 aliphatic carbocycles. The van der Waals surface area contributed by atoms with Crippen LogP contribution in [0.5, 0.6) is 5.75 Å². The summed E-state index contributed by atoms with van der Waals surface area (Å²) in [6.45, 7) is 0.929. The van der Waals surface area contributed by atoms with Crippen LogP contribution in [0.3, 0.4) is 0 Å². The number of anilines is 1. The number of fused-ring (bicyclic) bond motifs is 1. The van der Waals surface area contributed by atoms with Crippen molar-refractivity contribution in [1.29, 1.82) is 0 Å². The quantitative estimate of drug-likeness (QED) is 0.309. The summed E-state index contributed by atoms with van der Waals surface area (Å²) in [5.74, 6) is 4.17. The predicted molar refractivity (Wildman–Crippen MR) is 133 cm³/mol. The zero-order chi connectivity index (χ0) is 25.7. The standard InChI is InChI=1S/C27H21F3N2O3S/c1-35-21-12-9-19(10-13-21)15-16-32(17-20-7-5-18(6-8-20)11-14-24(33)34)26-31-23-4-2-3-22(25(23)36-26)27(28,29)30/h2-10,12-13H,15-17H2,1H3,(H,33,34). The third-order valence-electron chi connectivity index (χ3n) is 5.45. The van der Waals surface area contributed by atoms with Gasteiger partial charge in [0.25, 0.3) is 0 Å². The summed E-state index contributed by atoms with van der Waals surface area (Å²) in [5.41, 5.74) is 2.11. The molecule has 0 radical (unpaired) electrons. The van der Waals surface area contributed by atoms with Gasteiger partial charge in [0.05, 0.1) is 22.9 Å². The van der Waals surface area contributed by atoms with Crippen LogP contribution in [0, 0.1) is 11.8 Å². The Kier molecular flexibility index (Phi) is 7.46. The van der Waals surface area contributed by atoms with Gasteiger partial charge in [0.1, 0.15) is 5.75 Å². The molecule has 0 aliphatic rings. The molecule has 0 saturated carbocycles. The number of hydrogen-bond donors (Lipinski definition) is 1. The third-order valence-corrected chi connectivity index (χ3v) is 6.62. The first-order valence-corrected chi connectivity index (χ1v) is 11.7. The average molecular weight is 511 g/mol. The van der Waals surface area contributed by atoms with E-state index in [0.29, 0.717) is 35.7 Å². The molecule has 0 amide bonds. The van der Waals surface area contributed by atoms with Crippen LogP contribution in [0.4, 0.5) is 18.3 Å². The molecular weight excluding hydrogens is 489 g/mol. The number of carboxylic acid groups (broad SMARTS) is 1. The lowest BCUT2D eigenvalue weighted by Gasteiger charge is -2.22. The van der Waals surface area contributed by atoms with Gasteiger partial charge in [0.2, 0.25) is 0 Å². The van der Waals surface area contributed by atoms with Gasteiger partial charge in [0, 0.05) is 24.6 Å². The molecular formula is C27H21F3N2O3S. The Morgan fingerprint density at radius 1 is 1.06 bits per heavy atom. The van der Waals surface area contributed by atoms with Crippen LogP contribution in [0.1, 0.15) is 22.3 Å². The lowest BCUT2D eigenvalue weighted by atomic mass is 10.1. The van der Waals surface area contributed by atoms with Crippen molar-refractivity contribution in [1.82, 2.24) is 4.98 Å². The van der Waals surface area contributed by atoms with Crippen molar-refractivity contribution in [2.75, 3.05) is 18.6 Å². The second-order valence-electron chi connectivity index (χ2n) is 7.92. The van der Waals surface area contributed by atoms with Gasteiger partial charge >= 0.3 is 12.1 Å². The van der Waals surface area contributed by atoms with E-state index in [-0.39, 0.29) is 4.70 Å². The van der Waals surface area contributed by atoms with Crippen molar-refractivity contribution in [3.63, 3.8) is 0 Å². The minimum absolute atomic E-state index is 0.105. The summed E-state index contributed by atoms with van der Waals surface area (Å²) in [5, 5.41) is 9.21. The number of aliphatic carboxylic acids is 1. The first-order chi connectivity index (χ1) is 17.2. The fourth-order valence-electron chi connectivity index (χ4n) is 3.63. The van der Waals surface area contributed by atoms with E-state index in [2.05, 4.69) is 16.8 Å². The number of hydrogen-bond acceptors (Lipinski definition) is 5. The number of alkyl halides is 3. The molecule has 9 heteroatoms. The largest absolute Gasteiger partial charge is 0.497 e. The minimum Gasteiger partial charge on any atom is -0.497 e. The van der Waals surface area contributed by atoms with Crippen molar-refractivity contribution in [3.05, 3.63) is 89.0 Å². The number of carboxylic acids is 1. The van der Waals surface area contributed by atoms with Crippen LogP contribution in [0.25, 0.3) is 10.2 Å². The highest BCUT2D eigenvalue weighted by atomic mass is 32.1. The molecule has 36 heavy (non-hydrogen) atoms. The van der Waals surface area contributed by atoms with Crippen LogP contribution >= 0.6 is 11.3 Å². The SMILES string of the molecule is COc1ccc(CCN(Cc2ccc(C#CC(=O)O)cc2)c2nc3cccc(C(F)(F)F)c3s2)cc1. The summed E-state index contributed by atoms with van der Waals surface area (Å²) < 4.78 is 46.0. The van der Waals surface area contributed by atoms with E-state index in [4.69, 9.17) is 9.84 Å². The first-order valence-electron chi connectivity index (χ1n) is 10.9. The summed E-state index contributed by atoms with van der Waals surface area (Å²) in [4.78, 5) is 17.1. The second kappa shape index (κ2) is 10.7. The van der Waals surface area contributed by atoms with Crippen LogP contribution in [-0.2, 0) is 23.9 Å². The summed E-state index contributed by atoms with van der Waals surface area (Å²) >= 11 is 1.02. The molecule has 4 aromatic rings. The van der Waals surface area contributed by atoms with Gasteiger partial charge in [-0.2, -0.15) is 13.2 Å². The highest BCUT2D eigenvalue weighted by molar-refractivity contribution is 7.22. The van der Waals surface area contributed by atoms with Crippen LogP contribution < -0.4 is 9.64 Å². The molecule has 0 unspecified atom stereocenters. The molecule has 0 spiro atoms. The lowest BCUT2D eigenvalue weighted by molar-refractivity contribution is -0.136. The Hall–Kier alpha value is -4.03. The van der Waals surface area contributed by atoms with Crippen molar-refractivity contribution in [3.8, 4) is 17.6 Å². The van der Waals surface area contributed by atoms with Crippen molar-refractivity contribution in [2.24, 2.45) is 0 Å². The number of nitrogens with zero attached hydrogens (tertiary/aromatic N) is 2. The third kappa shape index (κ3) is 6.15. The Morgan fingerprint density at radius 2 is 1.75 bits per heavy atom. The lowest BCUT2D eigenvalue weighted by Crippen LogP contribution is -2.25. The molecule has 1 heterocycles. The number of benzene rings is 3. The monoisotopic (exact) mass is 510 g/mol.